The summed E-state index contributed by atoms with van der Waals surface area (Å²) >= 11 is 1.77. The molecule has 152 valence electrons. The van der Waals surface area contributed by atoms with Crippen LogP contribution in [-0.4, -0.2) is 47.7 Å². The van der Waals surface area contributed by atoms with E-state index in [4.69, 9.17) is 4.74 Å². The lowest BCUT2D eigenvalue weighted by molar-refractivity contribution is -0.137. The minimum Gasteiger partial charge on any atom is -0.496 e. The average Bonchev–Trinajstić information content (AvgIpc) is 3.39. The van der Waals surface area contributed by atoms with Gasteiger partial charge in [0, 0.05) is 35.5 Å². The molecule has 0 N–H and O–H groups in total. The molecule has 4 nitrogen and oxygen atoms in total. The lowest BCUT2D eigenvalue weighted by Crippen LogP contribution is -2.49. The molecule has 3 heterocycles. The summed E-state index contributed by atoms with van der Waals surface area (Å²) < 4.78 is 5.51. The predicted octanol–water partition coefficient (Wildman–Crippen LogP) is 4.36. The summed E-state index contributed by atoms with van der Waals surface area (Å²) in [6.07, 6.45) is 5.30. The first-order chi connectivity index (χ1) is 14.2. The van der Waals surface area contributed by atoms with Crippen molar-refractivity contribution in [1.29, 1.82) is 0 Å². The number of thioether (sulfide) groups is 1. The molecule has 3 fully saturated rings. The fourth-order valence-electron chi connectivity index (χ4n) is 5.90. The van der Waals surface area contributed by atoms with Gasteiger partial charge in [-0.25, -0.2) is 0 Å². The molecule has 0 bridgehead atoms. The summed E-state index contributed by atoms with van der Waals surface area (Å²) in [7, 11) is 1.70. The van der Waals surface area contributed by atoms with Crippen LogP contribution >= 0.6 is 11.8 Å². The minimum absolute atomic E-state index is 0.287. The second-order valence-corrected chi connectivity index (χ2v) is 9.32. The van der Waals surface area contributed by atoms with Gasteiger partial charge in [-0.3, -0.25) is 9.69 Å². The number of likely N-dealkylation sites (tertiary alicyclic amines) is 1. The van der Waals surface area contributed by atoms with E-state index >= 15 is 0 Å². The van der Waals surface area contributed by atoms with Crippen molar-refractivity contribution < 1.29 is 9.53 Å². The van der Waals surface area contributed by atoms with E-state index in [9.17, 15) is 4.79 Å². The van der Waals surface area contributed by atoms with Crippen LogP contribution in [0.4, 0.5) is 0 Å². The Labute approximate surface area is 177 Å². The molecule has 3 aliphatic heterocycles. The Hall–Kier alpha value is -1.98. The van der Waals surface area contributed by atoms with Crippen LogP contribution in [0.5, 0.6) is 5.75 Å². The highest BCUT2D eigenvalue weighted by Gasteiger charge is 2.65. The first-order valence-electron chi connectivity index (χ1n) is 10.5. The highest BCUT2D eigenvalue weighted by molar-refractivity contribution is 7.98. The van der Waals surface area contributed by atoms with Gasteiger partial charge in [0.1, 0.15) is 11.3 Å². The van der Waals surface area contributed by atoms with Gasteiger partial charge in [0.2, 0.25) is 5.91 Å². The van der Waals surface area contributed by atoms with Crippen LogP contribution in [0.1, 0.15) is 36.4 Å². The molecule has 0 saturated carbocycles. The topological polar surface area (TPSA) is 32.8 Å². The molecule has 0 aromatic heterocycles. The Morgan fingerprint density at radius 1 is 1.17 bits per heavy atom. The molecule has 5 rings (SSSR count). The standard InChI is InChI=1S/C24H28N2O2S/c1-28-22-7-4-3-6-18(22)15-25-16-19-14-21(17-8-10-20(29-2)11-9-17)26-13-5-12-24(19,26)23(25)27/h3-4,6-11,19,21H,5,12-16H2,1-2H3/t19-,21-,24-/m0/s1. The first kappa shape index (κ1) is 19.0. The highest BCUT2D eigenvalue weighted by Crippen LogP contribution is 2.56. The van der Waals surface area contributed by atoms with Gasteiger partial charge in [-0.05, 0) is 55.8 Å². The van der Waals surface area contributed by atoms with Crippen LogP contribution in [0.15, 0.2) is 53.4 Å². The molecule has 2 aromatic carbocycles. The molecular formula is C24H28N2O2S. The monoisotopic (exact) mass is 408 g/mol. The minimum atomic E-state index is -0.287. The SMILES string of the molecule is COc1ccccc1CN1C[C@@H]2C[C@@H](c3ccc(SC)cc3)N3CCC[C@@]23C1=O. The number of carbonyl (C=O) groups is 1. The van der Waals surface area contributed by atoms with Crippen molar-refractivity contribution in [2.24, 2.45) is 5.92 Å². The van der Waals surface area contributed by atoms with E-state index in [1.54, 1.807) is 18.9 Å². The van der Waals surface area contributed by atoms with E-state index in [1.165, 1.54) is 10.5 Å². The van der Waals surface area contributed by atoms with Crippen molar-refractivity contribution in [1.82, 2.24) is 9.80 Å². The summed E-state index contributed by atoms with van der Waals surface area (Å²) in [5.41, 5.74) is 2.17. The van der Waals surface area contributed by atoms with E-state index < -0.39 is 0 Å². The van der Waals surface area contributed by atoms with Gasteiger partial charge in [-0.15, -0.1) is 11.8 Å². The molecule has 5 heteroatoms. The van der Waals surface area contributed by atoms with Crippen LogP contribution in [0.3, 0.4) is 0 Å². The summed E-state index contributed by atoms with van der Waals surface area (Å²) in [6, 6.07) is 17.4. The van der Waals surface area contributed by atoms with E-state index in [0.29, 0.717) is 24.4 Å². The normalized spacial score (nSPS) is 28.6. The highest BCUT2D eigenvalue weighted by atomic mass is 32.2. The van der Waals surface area contributed by atoms with E-state index in [0.717, 1.165) is 43.7 Å². The van der Waals surface area contributed by atoms with Crippen molar-refractivity contribution in [2.75, 3.05) is 26.5 Å². The van der Waals surface area contributed by atoms with Gasteiger partial charge in [0.25, 0.3) is 0 Å². The van der Waals surface area contributed by atoms with Crippen LogP contribution in [0.25, 0.3) is 0 Å². The summed E-state index contributed by atoms with van der Waals surface area (Å²) in [6.45, 7) is 2.52. The van der Waals surface area contributed by atoms with Gasteiger partial charge < -0.3 is 9.64 Å². The van der Waals surface area contributed by atoms with Gasteiger partial charge >= 0.3 is 0 Å². The first-order valence-corrected chi connectivity index (χ1v) is 11.7. The summed E-state index contributed by atoms with van der Waals surface area (Å²) in [4.78, 5) is 19.6. The zero-order valence-corrected chi connectivity index (χ0v) is 18.0. The third-order valence-electron chi connectivity index (χ3n) is 7.18. The maximum atomic E-state index is 13.7. The van der Waals surface area contributed by atoms with E-state index in [1.807, 2.05) is 18.2 Å². The zero-order chi connectivity index (χ0) is 20.0. The van der Waals surface area contributed by atoms with E-state index in [2.05, 4.69) is 46.4 Å². The Kier molecular flexibility index (Phi) is 4.83. The number of carbonyl (C=O) groups excluding carboxylic acids is 1. The number of methoxy groups -OCH3 is 1. The Morgan fingerprint density at radius 2 is 1.97 bits per heavy atom. The molecule has 3 aliphatic rings. The quantitative estimate of drug-likeness (QED) is 0.689. The van der Waals surface area contributed by atoms with E-state index in [-0.39, 0.29) is 5.54 Å². The number of hydrogen-bond donors (Lipinski definition) is 0. The van der Waals surface area contributed by atoms with Gasteiger partial charge in [0.15, 0.2) is 0 Å². The second-order valence-electron chi connectivity index (χ2n) is 8.44. The number of ether oxygens (including phenoxy) is 1. The fraction of sp³-hybridized carbons (Fsp3) is 0.458. The molecule has 3 atom stereocenters. The third-order valence-corrected chi connectivity index (χ3v) is 7.93. The Bertz CT molecular complexity index is 915. The van der Waals surface area contributed by atoms with Crippen molar-refractivity contribution >= 4 is 17.7 Å². The predicted molar refractivity (Wildman–Crippen MR) is 116 cm³/mol. The largest absolute Gasteiger partial charge is 0.496 e. The lowest BCUT2D eigenvalue weighted by atomic mass is 9.85. The molecule has 0 radical (unpaired) electrons. The van der Waals surface area contributed by atoms with Crippen LogP contribution in [-0.2, 0) is 11.3 Å². The van der Waals surface area contributed by atoms with Crippen LogP contribution in [0, 0.1) is 5.92 Å². The molecular weight excluding hydrogens is 380 g/mol. The average molecular weight is 409 g/mol. The Morgan fingerprint density at radius 3 is 2.72 bits per heavy atom. The number of nitrogens with zero attached hydrogens (tertiary/aromatic N) is 2. The molecule has 0 aliphatic carbocycles. The zero-order valence-electron chi connectivity index (χ0n) is 17.1. The van der Waals surface area contributed by atoms with Gasteiger partial charge in [0.05, 0.1) is 7.11 Å². The molecule has 2 aromatic rings. The second kappa shape index (κ2) is 7.37. The number of benzene rings is 2. The fourth-order valence-corrected chi connectivity index (χ4v) is 6.30. The smallest absolute Gasteiger partial charge is 0.243 e. The number of para-hydroxylation sites is 1. The Balaban J connectivity index is 1.40. The van der Waals surface area contributed by atoms with Crippen LogP contribution < -0.4 is 4.74 Å². The van der Waals surface area contributed by atoms with Gasteiger partial charge in [-0.2, -0.15) is 0 Å². The lowest BCUT2D eigenvalue weighted by Gasteiger charge is -2.33. The number of amides is 1. The molecule has 29 heavy (non-hydrogen) atoms. The number of hydrogen-bond acceptors (Lipinski definition) is 4. The summed E-state index contributed by atoms with van der Waals surface area (Å²) in [5.74, 6) is 1.61. The third kappa shape index (κ3) is 2.89. The molecule has 0 unspecified atom stereocenters. The van der Waals surface area contributed by atoms with Crippen LogP contribution in [0.2, 0.25) is 0 Å². The van der Waals surface area contributed by atoms with Crippen molar-refractivity contribution in [3.63, 3.8) is 0 Å². The van der Waals surface area contributed by atoms with Gasteiger partial charge in [-0.1, -0.05) is 30.3 Å². The van der Waals surface area contributed by atoms with Crippen molar-refractivity contribution in [2.45, 2.75) is 42.3 Å². The maximum absolute atomic E-state index is 13.7. The molecule has 1 spiro atoms. The maximum Gasteiger partial charge on any atom is 0.243 e. The number of rotatable bonds is 5. The molecule has 1 amide bonds. The summed E-state index contributed by atoms with van der Waals surface area (Å²) in [5, 5.41) is 0. The van der Waals surface area contributed by atoms with Crippen molar-refractivity contribution in [3.8, 4) is 5.75 Å². The molecule has 3 saturated heterocycles. The van der Waals surface area contributed by atoms with Crippen molar-refractivity contribution in [3.05, 3.63) is 59.7 Å².